The molecule has 0 atom stereocenters. The minimum atomic E-state index is 0.0188. The van der Waals surface area contributed by atoms with Gasteiger partial charge in [0.2, 0.25) is 5.75 Å². The van der Waals surface area contributed by atoms with Crippen LogP contribution in [0.4, 0.5) is 5.82 Å². The minimum absolute atomic E-state index is 0.0188. The Balaban J connectivity index is 2.26. The highest BCUT2D eigenvalue weighted by Crippen LogP contribution is 2.47. The van der Waals surface area contributed by atoms with Crippen LogP contribution in [0.2, 0.25) is 0 Å². The number of nitrogens with zero attached hydrogens (tertiary/aromatic N) is 3. The lowest BCUT2D eigenvalue weighted by atomic mass is 9.95. The summed E-state index contributed by atoms with van der Waals surface area (Å²) in [6.45, 7) is 0. The van der Waals surface area contributed by atoms with Crippen molar-refractivity contribution in [3.63, 3.8) is 0 Å². The molecule has 152 valence electrons. The molecule has 0 aliphatic carbocycles. The molecule has 0 unspecified atom stereocenters. The number of anilines is 1. The summed E-state index contributed by atoms with van der Waals surface area (Å²) in [5, 5.41) is 20.1. The van der Waals surface area contributed by atoms with Gasteiger partial charge < -0.3 is 24.4 Å². The number of ether oxygens (including phenoxy) is 3. The van der Waals surface area contributed by atoms with E-state index in [1.54, 1.807) is 24.5 Å². The molecule has 0 fully saturated rings. The Morgan fingerprint density at radius 1 is 1.03 bits per heavy atom. The van der Waals surface area contributed by atoms with Gasteiger partial charge in [-0.1, -0.05) is 11.8 Å². The van der Waals surface area contributed by atoms with Crippen LogP contribution in [0.15, 0.2) is 40.0 Å². The smallest absolute Gasteiger partial charge is 0.203 e. The number of thioether (sulfide) groups is 1. The van der Waals surface area contributed by atoms with Crippen molar-refractivity contribution in [2.24, 2.45) is 0 Å². The Labute approximate surface area is 177 Å². The first kappa shape index (κ1) is 20.9. The highest BCUT2D eigenvalue weighted by Gasteiger charge is 2.26. The second kappa shape index (κ2) is 9.12. The van der Waals surface area contributed by atoms with Gasteiger partial charge >= 0.3 is 0 Å². The highest BCUT2D eigenvalue weighted by molar-refractivity contribution is 7.98. The van der Waals surface area contributed by atoms with Crippen LogP contribution >= 0.6 is 11.8 Å². The maximum Gasteiger partial charge on any atom is 0.203 e. The SMILES string of the molecule is COc1ccc(-c2c(C#N)c(N)nc(SCc3ccco3)c2C#N)c(OC)c1OC. The van der Waals surface area contributed by atoms with E-state index in [-0.39, 0.29) is 16.9 Å². The number of pyridine rings is 1. The minimum Gasteiger partial charge on any atom is -0.493 e. The number of hydrogen-bond acceptors (Lipinski definition) is 9. The van der Waals surface area contributed by atoms with Crippen LogP contribution < -0.4 is 19.9 Å². The van der Waals surface area contributed by atoms with Crippen LogP contribution in [0, 0.1) is 22.7 Å². The van der Waals surface area contributed by atoms with Gasteiger partial charge in [-0.2, -0.15) is 10.5 Å². The Bertz CT molecular complexity index is 1150. The van der Waals surface area contributed by atoms with Crippen molar-refractivity contribution in [1.82, 2.24) is 4.98 Å². The van der Waals surface area contributed by atoms with Crippen molar-refractivity contribution in [2.75, 3.05) is 27.1 Å². The molecule has 2 N–H and O–H groups in total. The predicted molar refractivity (Wildman–Crippen MR) is 111 cm³/mol. The molecule has 9 heteroatoms. The standard InChI is InChI=1S/C21H18N4O4S/c1-26-16-7-6-13(18(27-2)19(16)28-3)17-14(9-22)20(24)25-21(15(17)10-23)30-11-12-5-4-8-29-12/h4-8H,11H2,1-3H3,(H2,24,25). The molecular weight excluding hydrogens is 404 g/mol. The van der Waals surface area contributed by atoms with E-state index < -0.39 is 0 Å². The Morgan fingerprint density at radius 2 is 1.77 bits per heavy atom. The van der Waals surface area contributed by atoms with Gasteiger partial charge in [0.05, 0.1) is 38.9 Å². The van der Waals surface area contributed by atoms with Gasteiger partial charge in [-0.15, -0.1) is 0 Å². The van der Waals surface area contributed by atoms with Gasteiger partial charge in [0.1, 0.15) is 34.3 Å². The highest BCUT2D eigenvalue weighted by atomic mass is 32.2. The zero-order valence-electron chi connectivity index (χ0n) is 16.6. The summed E-state index contributed by atoms with van der Waals surface area (Å²) in [7, 11) is 4.45. The second-order valence-electron chi connectivity index (χ2n) is 5.90. The third kappa shape index (κ3) is 3.71. The van der Waals surface area contributed by atoms with Crippen molar-refractivity contribution < 1.29 is 18.6 Å². The monoisotopic (exact) mass is 422 g/mol. The Kier molecular flexibility index (Phi) is 6.35. The van der Waals surface area contributed by atoms with Crippen molar-refractivity contribution in [2.45, 2.75) is 10.8 Å². The summed E-state index contributed by atoms with van der Waals surface area (Å²) < 4.78 is 21.7. The topological polar surface area (TPSA) is 127 Å². The molecule has 30 heavy (non-hydrogen) atoms. The Morgan fingerprint density at radius 3 is 2.33 bits per heavy atom. The summed E-state index contributed by atoms with van der Waals surface area (Å²) in [4.78, 5) is 4.29. The summed E-state index contributed by atoms with van der Waals surface area (Å²) in [6.07, 6.45) is 1.57. The van der Waals surface area contributed by atoms with Gasteiger partial charge in [0.25, 0.3) is 0 Å². The zero-order chi connectivity index (χ0) is 21.7. The number of rotatable bonds is 7. The van der Waals surface area contributed by atoms with Crippen LogP contribution in [-0.4, -0.2) is 26.3 Å². The van der Waals surface area contributed by atoms with E-state index in [0.29, 0.717) is 39.2 Å². The molecule has 1 aromatic carbocycles. The number of methoxy groups -OCH3 is 3. The van der Waals surface area contributed by atoms with Gasteiger partial charge in [-0.3, -0.25) is 0 Å². The molecule has 0 bridgehead atoms. The zero-order valence-corrected chi connectivity index (χ0v) is 17.4. The number of benzene rings is 1. The van der Waals surface area contributed by atoms with Gasteiger partial charge in [0.15, 0.2) is 11.5 Å². The third-order valence-electron chi connectivity index (χ3n) is 4.32. The lowest BCUT2D eigenvalue weighted by Crippen LogP contribution is -2.05. The average molecular weight is 422 g/mol. The molecule has 8 nitrogen and oxygen atoms in total. The van der Waals surface area contributed by atoms with Gasteiger partial charge in [-0.25, -0.2) is 4.98 Å². The van der Waals surface area contributed by atoms with Gasteiger partial charge in [-0.05, 0) is 24.3 Å². The number of aromatic nitrogens is 1. The number of nitrogen functional groups attached to an aromatic ring is 1. The second-order valence-corrected chi connectivity index (χ2v) is 6.86. The van der Waals surface area contributed by atoms with E-state index in [9.17, 15) is 10.5 Å². The van der Waals surface area contributed by atoms with Crippen LogP contribution in [0.25, 0.3) is 11.1 Å². The van der Waals surface area contributed by atoms with E-state index in [4.69, 9.17) is 24.4 Å². The van der Waals surface area contributed by atoms with Crippen LogP contribution in [0.3, 0.4) is 0 Å². The van der Waals surface area contributed by atoms with E-state index in [1.807, 2.05) is 6.07 Å². The van der Waals surface area contributed by atoms with E-state index in [2.05, 4.69) is 17.1 Å². The van der Waals surface area contributed by atoms with E-state index >= 15 is 0 Å². The molecule has 2 heterocycles. The number of nitriles is 2. The predicted octanol–water partition coefficient (Wildman–Crippen LogP) is 3.99. The molecule has 0 spiro atoms. The molecule has 0 aliphatic rings. The average Bonchev–Trinajstić information content (AvgIpc) is 3.29. The molecule has 3 rings (SSSR count). The van der Waals surface area contributed by atoms with Crippen molar-refractivity contribution in [3.8, 4) is 40.5 Å². The van der Waals surface area contributed by atoms with Crippen LogP contribution in [0.5, 0.6) is 17.2 Å². The lowest BCUT2D eigenvalue weighted by molar-refractivity contribution is 0.325. The molecule has 0 saturated carbocycles. The first-order valence-electron chi connectivity index (χ1n) is 8.67. The molecule has 2 aromatic heterocycles. The molecule has 0 amide bonds. The van der Waals surface area contributed by atoms with Crippen molar-refractivity contribution in [1.29, 1.82) is 10.5 Å². The van der Waals surface area contributed by atoms with Crippen molar-refractivity contribution >= 4 is 17.6 Å². The summed E-state index contributed by atoms with van der Waals surface area (Å²) in [6, 6.07) is 11.2. The molecular formula is C21H18N4O4S. The van der Waals surface area contributed by atoms with Gasteiger partial charge in [0, 0.05) is 11.1 Å². The Hall–Kier alpha value is -3.82. The maximum atomic E-state index is 9.95. The fourth-order valence-corrected chi connectivity index (χ4v) is 3.90. The van der Waals surface area contributed by atoms with E-state index in [0.717, 1.165) is 5.76 Å². The molecule has 0 aliphatic heterocycles. The summed E-state index contributed by atoms with van der Waals surface area (Å²) in [5.74, 6) is 2.29. The summed E-state index contributed by atoms with van der Waals surface area (Å²) in [5.41, 5.74) is 7.17. The molecule has 0 saturated heterocycles. The number of furan rings is 1. The first-order chi connectivity index (χ1) is 14.6. The lowest BCUT2D eigenvalue weighted by Gasteiger charge is -2.18. The quantitative estimate of drug-likeness (QED) is 0.562. The largest absolute Gasteiger partial charge is 0.493 e. The van der Waals surface area contributed by atoms with Crippen molar-refractivity contribution in [3.05, 3.63) is 47.4 Å². The number of nitrogens with two attached hydrogens (primary N) is 1. The first-order valence-corrected chi connectivity index (χ1v) is 9.66. The molecule has 0 radical (unpaired) electrons. The van der Waals surface area contributed by atoms with Crippen LogP contribution in [-0.2, 0) is 5.75 Å². The third-order valence-corrected chi connectivity index (χ3v) is 5.32. The van der Waals surface area contributed by atoms with Crippen LogP contribution in [0.1, 0.15) is 16.9 Å². The van der Waals surface area contributed by atoms with E-state index in [1.165, 1.54) is 33.1 Å². The number of hydrogen-bond donors (Lipinski definition) is 1. The summed E-state index contributed by atoms with van der Waals surface area (Å²) >= 11 is 1.29. The maximum absolute atomic E-state index is 9.95. The molecule has 3 aromatic rings. The fourth-order valence-electron chi connectivity index (χ4n) is 3.00. The normalized spacial score (nSPS) is 10.2. The fraction of sp³-hybridized carbons (Fsp3) is 0.190.